The van der Waals surface area contributed by atoms with Crippen molar-refractivity contribution in [2.75, 3.05) is 0 Å². The van der Waals surface area contributed by atoms with Gasteiger partial charge in [0, 0.05) is 6.07 Å². The van der Waals surface area contributed by atoms with Gasteiger partial charge in [-0.25, -0.2) is 17.6 Å². The molecule has 0 fully saturated rings. The Morgan fingerprint density at radius 1 is 0.722 bits per heavy atom. The predicted octanol–water partition coefficient (Wildman–Crippen LogP) is 4.66. The summed E-state index contributed by atoms with van der Waals surface area (Å²) >= 11 is 0. The molecule has 0 aliphatic rings. The molecule has 0 atom stereocenters. The topological polar surface area (TPSA) is 24.7 Å². The first-order chi connectivity index (χ1) is 8.59. The summed E-state index contributed by atoms with van der Waals surface area (Å²) < 4.78 is 51.6. The van der Waals surface area contributed by atoms with Crippen LogP contribution in [0.5, 0.6) is 0 Å². The molecular formula is C12H6F4N2. The van der Waals surface area contributed by atoms with Crippen molar-refractivity contribution in [3.05, 3.63) is 59.7 Å². The summed E-state index contributed by atoms with van der Waals surface area (Å²) in [6.07, 6.45) is 0. The first-order valence-electron chi connectivity index (χ1n) is 4.89. The van der Waals surface area contributed by atoms with Crippen LogP contribution in [-0.2, 0) is 0 Å². The highest BCUT2D eigenvalue weighted by Gasteiger charge is 2.18. The van der Waals surface area contributed by atoms with Gasteiger partial charge >= 0.3 is 0 Å². The molecule has 0 aromatic heterocycles. The third-order valence-corrected chi connectivity index (χ3v) is 2.11. The second-order valence-corrected chi connectivity index (χ2v) is 3.36. The Kier molecular flexibility index (Phi) is 3.36. The first-order valence-corrected chi connectivity index (χ1v) is 4.89. The fourth-order valence-corrected chi connectivity index (χ4v) is 1.24. The molecule has 0 aliphatic heterocycles. The van der Waals surface area contributed by atoms with Gasteiger partial charge in [-0.3, -0.25) is 0 Å². The zero-order chi connectivity index (χ0) is 13.1. The highest BCUT2D eigenvalue weighted by molar-refractivity contribution is 5.41. The Balaban J connectivity index is 2.39. The van der Waals surface area contributed by atoms with Gasteiger partial charge in [0.2, 0.25) is 0 Å². The van der Waals surface area contributed by atoms with Crippen molar-refractivity contribution in [3.8, 4) is 0 Å². The molecule has 0 aliphatic carbocycles. The lowest BCUT2D eigenvalue weighted by atomic mass is 10.3. The average molecular weight is 254 g/mol. The van der Waals surface area contributed by atoms with E-state index in [2.05, 4.69) is 10.2 Å². The van der Waals surface area contributed by atoms with E-state index in [1.165, 1.54) is 0 Å². The Labute approximate surface area is 99.6 Å². The van der Waals surface area contributed by atoms with E-state index in [1.54, 1.807) is 30.3 Å². The highest BCUT2D eigenvalue weighted by atomic mass is 19.2. The highest BCUT2D eigenvalue weighted by Crippen LogP contribution is 2.26. The molecule has 0 spiro atoms. The van der Waals surface area contributed by atoms with Crippen molar-refractivity contribution in [2.24, 2.45) is 10.2 Å². The maximum Gasteiger partial charge on any atom is 0.199 e. The van der Waals surface area contributed by atoms with E-state index in [1.807, 2.05) is 0 Å². The number of hydrogen-bond donors (Lipinski definition) is 0. The molecule has 0 N–H and O–H groups in total. The van der Waals surface area contributed by atoms with Gasteiger partial charge < -0.3 is 0 Å². The van der Waals surface area contributed by atoms with Crippen LogP contribution in [0.4, 0.5) is 28.9 Å². The number of benzene rings is 2. The van der Waals surface area contributed by atoms with Gasteiger partial charge in [-0.15, -0.1) is 5.11 Å². The Morgan fingerprint density at radius 2 is 1.39 bits per heavy atom. The fourth-order valence-electron chi connectivity index (χ4n) is 1.24. The van der Waals surface area contributed by atoms with Gasteiger partial charge in [-0.05, 0) is 12.1 Å². The standard InChI is InChI=1S/C12H6F4N2/c13-8-6-9(11(15)12(16)10(8)14)18-17-7-4-2-1-3-5-7/h1-6H. The molecule has 2 aromatic carbocycles. The van der Waals surface area contributed by atoms with Crippen LogP contribution in [0.15, 0.2) is 46.6 Å². The summed E-state index contributed by atoms with van der Waals surface area (Å²) in [7, 11) is 0. The van der Waals surface area contributed by atoms with Crippen LogP contribution in [0.25, 0.3) is 0 Å². The quantitative estimate of drug-likeness (QED) is 0.322. The van der Waals surface area contributed by atoms with Crippen molar-refractivity contribution in [1.82, 2.24) is 0 Å². The lowest BCUT2D eigenvalue weighted by Crippen LogP contribution is -1.94. The molecule has 6 heteroatoms. The van der Waals surface area contributed by atoms with E-state index in [-0.39, 0.29) is 0 Å². The maximum absolute atomic E-state index is 13.2. The van der Waals surface area contributed by atoms with Gasteiger partial charge in [-0.1, -0.05) is 18.2 Å². The minimum absolute atomic E-state index is 0.377. The molecule has 0 heterocycles. The van der Waals surface area contributed by atoms with E-state index >= 15 is 0 Å². The molecule has 18 heavy (non-hydrogen) atoms. The van der Waals surface area contributed by atoms with Crippen LogP contribution in [0.3, 0.4) is 0 Å². The minimum atomic E-state index is -1.91. The van der Waals surface area contributed by atoms with Crippen LogP contribution >= 0.6 is 0 Å². The fraction of sp³-hybridized carbons (Fsp3) is 0. The Hall–Kier alpha value is -2.24. The van der Waals surface area contributed by atoms with Crippen molar-refractivity contribution < 1.29 is 17.6 Å². The van der Waals surface area contributed by atoms with E-state index in [4.69, 9.17) is 0 Å². The van der Waals surface area contributed by atoms with Crippen molar-refractivity contribution in [1.29, 1.82) is 0 Å². The number of hydrogen-bond acceptors (Lipinski definition) is 2. The number of nitrogens with zero attached hydrogens (tertiary/aromatic N) is 2. The second kappa shape index (κ2) is 4.95. The summed E-state index contributed by atoms with van der Waals surface area (Å²) in [6.45, 7) is 0. The molecule has 2 nitrogen and oxygen atoms in total. The lowest BCUT2D eigenvalue weighted by Gasteiger charge is -2.00. The number of rotatable bonds is 2. The van der Waals surface area contributed by atoms with Gasteiger partial charge in [0.15, 0.2) is 23.3 Å². The van der Waals surface area contributed by atoms with Crippen LogP contribution in [0.1, 0.15) is 0 Å². The van der Waals surface area contributed by atoms with E-state index < -0.39 is 29.0 Å². The summed E-state index contributed by atoms with van der Waals surface area (Å²) in [5.41, 5.74) is -0.322. The normalized spacial score (nSPS) is 11.1. The molecule has 2 rings (SSSR count). The summed E-state index contributed by atoms with van der Waals surface area (Å²) in [4.78, 5) is 0. The number of halogens is 4. The second-order valence-electron chi connectivity index (χ2n) is 3.36. The first kappa shape index (κ1) is 12.2. The predicted molar refractivity (Wildman–Crippen MR) is 56.9 cm³/mol. The smallest absolute Gasteiger partial charge is 0.199 e. The molecule has 0 saturated carbocycles. The Morgan fingerprint density at radius 3 is 2.06 bits per heavy atom. The summed E-state index contributed by atoms with van der Waals surface area (Å²) in [5.74, 6) is -6.87. The molecular weight excluding hydrogens is 248 g/mol. The molecule has 0 radical (unpaired) electrons. The van der Waals surface area contributed by atoms with E-state index in [0.717, 1.165) is 0 Å². The number of azo groups is 1. The third kappa shape index (κ3) is 2.37. The van der Waals surface area contributed by atoms with Crippen LogP contribution in [0, 0.1) is 23.3 Å². The van der Waals surface area contributed by atoms with E-state index in [9.17, 15) is 17.6 Å². The Bertz CT molecular complexity index is 597. The van der Waals surface area contributed by atoms with Crippen molar-refractivity contribution >= 4 is 11.4 Å². The van der Waals surface area contributed by atoms with Gasteiger partial charge in [0.25, 0.3) is 0 Å². The third-order valence-electron chi connectivity index (χ3n) is 2.11. The molecule has 2 aromatic rings. The van der Waals surface area contributed by atoms with E-state index in [0.29, 0.717) is 11.8 Å². The molecule has 92 valence electrons. The van der Waals surface area contributed by atoms with Gasteiger partial charge in [0.1, 0.15) is 5.69 Å². The molecule has 0 amide bonds. The van der Waals surface area contributed by atoms with Crippen molar-refractivity contribution in [3.63, 3.8) is 0 Å². The van der Waals surface area contributed by atoms with Gasteiger partial charge in [0.05, 0.1) is 5.69 Å². The summed E-state index contributed by atoms with van der Waals surface area (Å²) in [6, 6.07) is 8.64. The molecule has 0 saturated heterocycles. The average Bonchev–Trinajstić information content (AvgIpc) is 2.40. The van der Waals surface area contributed by atoms with Gasteiger partial charge in [-0.2, -0.15) is 5.11 Å². The zero-order valence-electron chi connectivity index (χ0n) is 8.87. The largest absolute Gasteiger partial charge is 0.204 e. The van der Waals surface area contributed by atoms with Crippen LogP contribution in [-0.4, -0.2) is 0 Å². The summed E-state index contributed by atoms with van der Waals surface area (Å²) in [5, 5.41) is 6.92. The zero-order valence-corrected chi connectivity index (χ0v) is 8.87. The van der Waals surface area contributed by atoms with Crippen LogP contribution < -0.4 is 0 Å². The minimum Gasteiger partial charge on any atom is -0.204 e. The molecule has 0 unspecified atom stereocenters. The van der Waals surface area contributed by atoms with Crippen LogP contribution in [0.2, 0.25) is 0 Å². The monoisotopic (exact) mass is 254 g/mol. The van der Waals surface area contributed by atoms with Crippen molar-refractivity contribution in [2.45, 2.75) is 0 Å². The molecule has 0 bridgehead atoms. The maximum atomic E-state index is 13.2. The SMILES string of the molecule is Fc1cc(N=Nc2ccccc2)c(F)c(F)c1F. The lowest BCUT2D eigenvalue weighted by molar-refractivity contribution is 0.410.